The van der Waals surface area contributed by atoms with Gasteiger partial charge in [0, 0.05) is 17.1 Å². The molecule has 0 saturated heterocycles. The number of amides is 1. The first-order valence-electron chi connectivity index (χ1n) is 12.2. The van der Waals surface area contributed by atoms with E-state index in [2.05, 4.69) is 26.2 Å². The number of hydrogen-bond acceptors (Lipinski definition) is 4. The lowest BCUT2D eigenvalue weighted by atomic mass is 9.94. The Hall–Kier alpha value is -3.43. The summed E-state index contributed by atoms with van der Waals surface area (Å²) in [4.78, 5) is 29.1. The molecule has 2 aliphatic rings. The van der Waals surface area contributed by atoms with E-state index in [1.54, 1.807) is 18.2 Å². The summed E-state index contributed by atoms with van der Waals surface area (Å²) in [6.07, 6.45) is 3.15. The molecule has 1 amide bonds. The van der Waals surface area contributed by atoms with Crippen LogP contribution < -0.4 is 10.9 Å². The highest BCUT2D eigenvalue weighted by Gasteiger charge is 2.31. The van der Waals surface area contributed by atoms with Crippen LogP contribution in [-0.2, 0) is 29.2 Å². The van der Waals surface area contributed by atoms with Gasteiger partial charge in [-0.05, 0) is 78.8 Å². The van der Waals surface area contributed by atoms with E-state index >= 15 is 0 Å². The second kappa shape index (κ2) is 9.15. The number of hydrogen-bond donors (Lipinski definition) is 2. The number of carbonyl (C=O) groups excluding carboxylic acids is 1. The molecule has 1 saturated carbocycles. The van der Waals surface area contributed by atoms with Crippen molar-refractivity contribution in [1.29, 1.82) is 0 Å². The quantitative estimate of drug-likeness (QED) is 0.353. The first kappa shape index (κ1) is 23.9. The summed E-state index contributed by atoms with van der Waals surface area (Å²) in [5.41, 5.74) is 3.89. The minimum Gasteiger partial charge on any atom is -0.348 e. The van der Waals surface area contributed by atoms with Crippen molar-refractivity contribution in [1.82, 2.24) is 14.9 Å². The molecule has 2 aromatic carbocycles. The van der Waals surface area contributed by atoms with Crippen molar-refractivity contribution >= 4 is 31.7 Å². The van der Waals surface area contributed by atoms with Gasteiger partial charge in [0.25, 0.3) is 11.5 Å². The third-order valence-electron chi connectivity index (χ3n) is 6.91. The van der Waals surface area contributed by atoms with Gasteiger partial charge in [-0.2, -0.15) is 0 Å². The zero-order chi connectivity index (χ0) is 25.7. The van der Waals surface area contributed by atoms with Crippen LogP contribution in [-0.4, -0.2) is 29.9 Å². The van der Waals surface area contributed by atoms with Gasteiger partial charge in [0.2, 0.25) is 9.84 Å². The second-order valence-corrected chi connectivity index (χ2v) is 12.4. The fourth-order valence-electron chi connectivity index (χ4n) is 4.86. The molecule has 188 valence electrons. The van der Waals surface area contributed by atoms with E-state index in [0.717, 1.165) is 39.7 Å². The molecule has 0 radical (unpaired) electrons. The predicted molar refractivity (Wildman–Crippen MR) is 144 cm³/mol. The standard InChI is InChI=1S/C28H24BrN3O4S/c29-20-10-6-17(7-11-20)16-32-23(27(33)30-21-12-13-21)14-19-9-8-18-15-24(28(34)31-25(18)26(19)32)37(35,36)22-4-2-1-3-5-22/h1-7,10-11,14-15,21H,8-9,12-13,16H2,(H,30,33)(H,31,34). The number of carbonyl (C=O) groups is 1. The Morgan fingerprint density at radius 3 is 2.41 bits per heavy atom. The molecule has 2 aliphatic carbocycles. The van der Waals surface area contributed by atoms with Gasteiger partial charge in [-0.3, -0.25) is 9.59 Å². The number of rotatable bonds is 6. The van der Waals surface area contributed by atoms with Crippen molar-refractivity contribution in [2.24, 2.45) is 0 Å². The normalized spacial score (nSPS) is 14.6. The molecule has 6 rings (SSSR count). The van der Waals surface area contributed by atoms with Gasteiger partial charge < -0.3 is 14.9 Å². The molecule has 7 nitrogen and oxygen atoms in total. The lowest BCUT2D eigenvalue weighted by molar-refractivity contribution is 0.0942. The number of aryl methyl sites for hydroxylation is 2. The predicted octanol–water partition coefficient (Wildman–Crippen LogP) is 4.48. The van der Waals surface area contributed by atoms with E-state index in [1.807, 2.05) is 34.9 Å². The number of aromatic nitrogens is 2. The maximum Gasteiger partial charge on any atom is 0.268 e. The molecule has 0 bridgehead atoms. The Morgan fingerprint density at radius 1 is 1.00 bits per heavy atom. The second-order valence-electron chi connectivity index (χ2n) is 9.54. The number of H-pyrrole nitrogens is 1. The van der Waals surface area contributed by atoms with Crippen molar-refractivity contribution in [3.63, 3.8) is 0 Å². The van der Waals surface area contributed by atoms with Gasteiger partial charge in [0.15, 0.2) is 0 Å². The van der Waals surface area contributed by atoms with Gasteiger partial charge in [-0.25, -0.2) is 8.42 Å². The third kappa shape index (κ3) is 4.46. The SMILES string of the molecule is O=C(NC1CC1)c1cc2c(n1Cc1ccc(Br)cc1)-c1[nH]c(=O)c(S(=O)(=O)c3ccccc3)cc1CC2. The molecular weight excluding hydrogens is 554 g/mol. The number of aromatic amines is 1. The maximum absolute atomic E-state index is 13.2. The van der Waals surface area contributed by atoms with Crippen LogP contribution in [0.15, 0.2) is 85.8 Å². The summed E-state index contributed by atoms with van der Waals surface area (Å²) in [7, 11) is -3.98. The molecule has 2 aromatic heterocycles. The van der Waals surface area contributed by atoms with Gasteiger partial charge >= 0.3 is 0 Å². The fraction of sp³-hybridized carbons (Fsp3) is 0.214. The van der Waals surface area contributed by atoms with E-state index < -0.39 is 15.4 Å². The molecule has 4 aromatic rings. The zero-order valence-corrected chi connectivity index (χ0v) is 22.2. The summed E-state index contributed by atoms with van der Waals surface area (Å²) < 4.78 is 29.4. The van der Waals surface area contributed by atoms with Gasteiger partial charge in [-0.1, -0.05) is 46.3 Å². The van der Waals surface area contributed by atoms with Crippen LogP contribution in [0.3, 0.4) is 0 Å². The average Bonchev–Trinajstić information content (AvgIpc) is 3.63. The van der Waals surface area contributed by atoms with Crippen molar-refractivity contribution in [3.8, 4) is 11.4 Å². The van der Waals surface area contributed by atoms with Gasteiger partial charge in [0.05, 0.1) is 16.3 Å². The molecule has 1 fully saturated rings. The highest BCUT2D eigenvalue weighted by Crippen LogP contribution is 2.36. The minimum absolute atomic E-state index is 0.0783. The Labute approximate surface area is 222 Å². The number of sulfone groups is 1. The Kier molecular flexibility index (Phi) is 5.92. The fourth-order valence-corrected chi connectivity index (χ4v) is 6.48. The topological polar surface area (TPSA) is 101 Å². The van der Waals surface area contributed by atoms with E-state index in [9.17, 15) is 18.0 Å². The molecule has 0 atom stereocenters. The lowest BCUT2D eigenvalue weighted by Gasteiger charge is -2.21. The first-order chi connectivity index (χ1) is 17.8. The van der Waals surface area contributed by atoms with Crippen molar-refractivity contribution in [2.45, 2.75) is 48.1 Å². The molecule has 2 heterocycles. The minimum atomic E-state index is -3.98. The Balaban J connectivity index is 1.49. The van der Waals surface area contributed by atoms with Crippen molar-refractivity contribution < 1.29 is 13.2 Å². The van der Waals surface area contributed by atoms with E-state index in [4.69, 9.17) is 0 Å². The number of halogens is 1. The van der Waals surface area contributed by atoms with Crippen LogP contribution in [0, 0.1) is 0 Å². The first-order valence-corrected chi connectivity index (χ1v) is 14.4. The molecular formula is C28H24BrN3O4S. The molecule has 9 heteroatoms. The number of pyridine rings is 1. The number of benzene rings is 2. The summed E-state index contributed by atoms with van der Waals surface area (Å²) in [5, 5.41) is 3.08. The average molecular weight is 578 g/mol. The van der Waals surface area contributed by atoms with Crippen LogP contribution in [0.2, 0.25) is 0 Å². The van der Waals surface area contributed by atoms with Crippen LogP contribution in [0.4, 0.5) is 0 Å². The summed E-state index contributed by atoms with van der Waals surface area (Å²) >= 11 is 3.46. The van der Waals surface area contributed by atoms with Crippen LogP contribution in [0.1, 0.15) is 40.0 Å². The van der Waals surface area contributed by atoms with E-state index in [-0.39, 0.29) is 21.7 Å². The third-order valence-corrected chi connectivity index (χ3v) is 9.21. The molecule has 37 heavy (non-hydrogen) atoms. The van der Waals surface area contributed by atoms with Crippen molar-refractivity contribution in [2.75, 3.05) is 0 Å². The Morgan fingerprint density at radius 2 is 1.70 bits per heavy atom. The van der Waals surface area contributed by atoms with Crippen molar-refractivity contribution in [3.05, 3.63) is 104 Å². The molecule has 0 aliphatic heterocycles. The van der Waals surface area contributed by atoms with Crippen LogP contribution in [0.25, 0.3) is 11.4 Å². The lowest BCUT2D eigenvalue weighted by Crippen LogP contribution is -2.28. The van der Waals surface area contributed by atoms with E-state index in [0.29, 0.717) is 30.8 Å². The summed E-state index contributed by atoms with van der Waals surface area (Å²) in [5.74, 6) is -0.138. The summed E-state index contributed by atoms with van der Waals surface area (Å²) in [6.45, 7) is 0.432. The van der Waals surface area contributed by atoms with E-state index in [1.165, 1.54) is 18.2 Å². The molecule has 0 unspecified atom stereocenters. The number of fused-ring (bicyclic) bond motifs is 3. The maximum atomic E-state index is 13.2. The monoisotopic (exact) mass is 577 g/mol. The van der Waals surface area contributed by atoms with Crippen LogP contribution in [0.5, 0.6) is 0 Å². The zero-order valence-electron chi connectivity index (χ0n) is 19.8. The number of nitrogens with zero attached hydrogens (tertiary/aromatic N) is 1. The highest BCUT2D eigenvalue weighted by molar-refractivity contribution is 9.10. The number of nitrogens with one attached hydrogen (secondary N) is 2. The smallest absolute Gasteiger partial charge is 0.268 e. The highest BCUT2D eigenvalue weighted by atomic mass is 79.9. The molecule has 2 N–H and O–H groups in total. The van der Waals surface area contributed by atoms with Gasteiger partial charge in [0.1, 0.15) is 10.6 Å². The summed E-state index contributed by atoms with van der Waals surface area (Å²) in [6, 6.07) is 19.5. The largest absolute Gasteiger partial charge is 0.348 e. The van der Waals surface area contributed by atoms with Gasteiger partial charge in [-0.15, -0.1) is 0 Å². The Bertz CT molecular complexity index is 1690. The molecule has 0 spiro atoms. The van der Waals surface area contributed by atoms with Crippen LogP contribution >= 0.6 is 15.9 Å².